The van der Waals surface area contributed by atoms with Crippen molar-refractivity contribution in [1.82, 2.24) is 24.0 Å². The van der Waals surface area contributed by atoms with E-state index in [0.29, 0.717) is 17.3 Å². The van der Waals surface area contributed by atoms with Gasteiger partial charge in [-0.3, -0.25) is 14.3 Å². The van der Waals surface area contributed by atoms with E-state index in [0.717, 1.165) is 65.2 Å². The summed E-state index contributed by atoms with van der Waals surface area (Å²) in [5.41, 5.74) is 4.03. The van der Waals surface area contributed by atoms with E-state index in [1.807, 2.05) is 24.3 Å². The van der Waals surface area contributed by atoms with Gasteiger partial charge in [-0.05, 0) is 68.3 Å². The number of aromatic nitrogens is 4. The van der Waals surface area contributed by atoms with Gasteiger partial charge in [0.05, 0.1) is 23.1 Å². The summed E-state index contributed by atoms with van der Waals surface area (Å²) in [6.07, 6.45) is 2.28. The van der Waals surface area contributed by atoms with Crippen LogP contribution in [0.2, 0.25) is 0 Å². The second kappa shape index (κ2) is 8.46. The molecule has 0 saturated heterocycles. The lowest BCUT2D eigenvalue weighted by Crippen LogP contribution is -2.30. The minimum atomic E-state index is -2.91. The lowest BCUT2D eigenvalue weighted by Gasteiger charge is -2.23. The van der Waals surface area contributed by atoms with E-state index < -0.39 is 6.61 Å². The number of alkyl halides is 2. The Morgan fingerprint density at radius 1 is 1.03 bits per heavy atom. The minimum absolute atomic E-state index is 0.0444. The van der Waals surface area contributed by atoms with E-state index >= 15 is 0 Å². The van der Waals surface area contributed by atoms with E-state index in [1.54, 1.807) is 28.0 Å². The summed E-state index contributed by atoms with van der Waals surface area (Å²) >= 11 is 1.62. The van der Waals surface area contributed by atoms with Gasteiger partial charge in [-0.25, -0.2) is 9.97 Å². The average molecular weight is 520 g/mol. The fraction of sp³-hybridized carbons (Fsp3) is 0.296. The molecule has 1 saturated carbocycles. The number of hydrogen-bond acceptors (Lipinski definition) is 6. The van der Waals surface area contributed by atoms with Crippen LogP contribution in [0.4, 0.5) is 8.78 Å². The van der Waals surface area contributed by atoms with Crippen LogP contribution in [0.15, 0.2) is 53.3 Å². The average Bonchev–Trinajstić information content (AvgIpc) is 3.54. The summed E-state index contributed by atoms with van der Waals surface area (Å²) < 4.78 is 33.7. The molecule has 0 radical (unpaired) electrons. The first-order chi connectivity index (χ1) is 17.9. The van der Waals surface area contributed by atoms with Crippen LogP contribution >= 0.6 is 11.3 Å². The van der Waals surface area contributed by atoms with E-state index in [9.17, 15) is 13.6 Å². The molecule has 0 atom stereocenters. The molecule has 7 rings (SSSR count). The van der Waals surface area contributed by atoms with Gasteiger partial charge in [0, 0.05) is 29.2 Å². The van der Waals surface area contributed by atoms with Crippen molar-refractivity contribution < 1.29 is 13.5 Å². The summed E-state index contributed by atoms with van der Waals surface area (Å²) in [5.74, 6) is 1.57. The molecule has 0 amide bonds. The number of nitrogens with zero attached hydrogens (tertiary/aromatic N) is 5. The molecule has 0 unspecified atom stereocenters. The molecule has 1 aliphatic heterocycles. The normalized spacial score (nSPS) is 16.1. The molecule has 10 heteroatoms. The zero-order valence-corrected chi connectivity index (χ0v) is 20.8. The van der Waals surface area contributed by atoms with Crippen LogP contribution in [0.25, 0.3) is 38.3 Å². The van der Waals surface area contributed by atoms with Crippen molar-refractivity contribution in [3.05, 3.63) is 69.6 Å². The van der Waals surface area contributed by atoms with Gasteiger partial charge in [0.25, 0.3) is 5.56 Å². The van der Waals surface area contributed by atoms with Crippen LogP contribution in [0.1, 0.15) is 29.5 Å². The SMILES string of the molecule is CN1CCn2c(nc3ccc(-c4nc5sc(C6CC6)cc5n(-c5ccc(OC(F)F)cc5)c4=O)cc32)C1. The first-order valence-corrected chi connectivity index (χ1v) is 13.1. The Bertz CT molecular complexity index is 1720. The van der Waals surface area contributed by atoms with Gasteiger partial charge in [-0.1, -0.05) is 6.07 Å². The Morgan fingerprint density at radius 3 is 2.59 bits per heavy atom. The number of thiophene rings is 1. The molecule has 7 nitrogen and oxygen atoms in total. The minimum Gasteiger partial charge on any atom is -0.435 e. The van der Waals surface area contributed by atoms with Crippen LogP contribution in [0, 0.1) is 0 Å². The number of imidazole rings is 1. The zero-order valence-electron chi connectivity index (χ0n) is 20.0. The highest BCUT2D eigenvalue weighted by Gasteiger charge is 2.27. The molecule has 188 valence electrons. The highest BCUT2D eigenvalue weighted by molar-refractivity contribution is 7.18. The van der Waals surface area contributed by atoms with Gasteiger partial charge < -0.3 is 9.30 Å². The first kappa shape index (κ1) is 22.6. The van der Waals surface area contributed by atoms with Crippen molar-refractivity contribution in [2.45, 2.75) is 38.5 Å². The number of rotatable bonds is 5. The fourth-order valence-electron chi connectivity index (χ4n) is 5.07. The molecule has 0 spiro atoms. The van der Waals surface area contributed by atoms with Crippen molar-refractivity contribution in [3.63, 3.8) is 0 Å². The van der Waals surface area contributed by atoms with Gasteiger partial charge in [0.15, 0.2) is 0 Å². The van der Waals surface area contributed by atoms with Crippen LogP contribution in [-0.4, -0.2) is 44.2 Å². The molecule has 2 aromatic carbocycles. The second-order valence-electron chi connectivity index (χ2n) is 9.71. The van der Waals surface area contributed by atoms with Crippen molar-refractivity contribution in [2.24, 2.45) is 0 Å². The number of hydrogen-bond donors (Lipinski definition) is 0. The van der Waals surface area contributed by atoms with Crippen LogP contribution < -0.4 is 10.3 Å². The maximum atomic E-state index is 14.0. The number of benzene rings is 2. The summed E-state index contributed by atoms with van der Waals surface area (Å²) in [6.45, 7) is -0.351. The molecule has 4 heterocycles. The molecule has 0 bridgehead atoms. The van der Waals surface area contributed by atoms with Crippen LogP contribution in [0.5, 0.6) is 5.75 Å². The third kappa shape index (κ3) is 3.91. The number of halogens is 2. The van der Waals surface area contributed by atoms with E-state index in [4.69, 9.17) is 9.97 Å². The smallest absolute Gasteiger partial charge is 0.387 e. The monoisotopic (exact) mass is 519 g/mol. The lowest BCUT2D eigenvalue weighted by atomic mass is 10.1. The summed E-state index contributed by atoms with van der Waals surface area (Å²) in [4.78, 5) is 27.9. The fourth-order valence-corrected chi connectivity index (χ4v) is 6.25. The standard InChI is InChI=1S/C27H23F2N5O2S/c1-32-10-11-33-20-12-16(4-9-19(20)30-23(33)14-32)24-26(35)34(17-5-7-18(8-6-17)36-27(28)29)21-13-22(15-2-3-15)37-25(21)31-24/h4-9,12-13,15,27H,2-3,10-11,14H2,1H3. The van der Waals surface area contributed by atoms with Gasteiger partial charge in [-0.2, -0.15) is 8.78 Å². The maximum Gasteiger partial charge on any atom is 0.387 e. The maximum absolute atomic E-state index is 14.0. The number of ether oxygens (including phenoxy) is 1. The van der Waals surface area contributed by atoms with Crippen molar-refractivity contribution in [1.29, 1.82) is 0 Å². The molecule has 1 fully saturated rings. The number of likely N-dealkylation sites (N-methyl/N-ethyl adjacent to an activating group) is 1. The van der Waals surface area contributed by atoms with Gasteiger partial charge in [0.1, 0.15) is 22.1 Å². The highest BCUT2D eigenvalue weighted by atomic mass is 32.1. The molecule has 3 aromatic heterocycles. The Balaban J connectivity index is 1.41. The Hall–Kier alpha value is -3.63. The Morgan fingerprint density at radius 2 is 1.84 bits per heavy atom. The third-order valence-corrected chi connectivity index (χ3v) is 8.27. The highest BCUT2D eigenvalue weighted by Crippen LogP contribution is 2.45. The molecular weight excluding hydrogens is 496 g/mol. The summed E-state index contributed by atoms with van der Waals surface area (Å²) in [6, 6.07) is 14.1. The van der Waals surface area contributed by atoms with Gasteiger partial charge in [0.2, 0.25) is 0 Å². The molecule has 2 aliphatic rings. The molecule has 5 aromatic rings. The molecule has 0 N–H and O–H groups in total. The van der Waals surface area contributed by atoms with Crippen molar-refractivity contribution >= 4 is 32.7 Å². The van der Waals surface area contributed by atoms with Gasteiger partial charge in [-0.15, -0.1) is 11.3 Å². The van der Waals surface area contributed by atoms with E-state index in [-0.39, 0.29) is 11.3 Å². The predicted octanol–water partition coefficient (Wildman–Crippen LogP) is 5.39. The topological polar surface area (TPSA) is 65.2 Å². The number of fused-ring (bicyclic) bond motifs is 4. The van der Waals surface area contributed by atoms with Crippen molar-refractivity contribution in [3.8, 4) is 22.7 Å². The predicted molar refractivity (Wildman–Crippen MR) is 139 cm³/mol. The quantitative estimate of drug-likeness (QED) is 0.312. The van der Waals surface area contributed by atoms with E-state index in [2.05, 4.69) is 21.3 Å². The van der Waals surface area contributed by atoms with Crippen LogP contribution in [-0.2, 0) is 13.1 Å². The Labute approximate surface area is 214 Å². The molecular formula is C27H23F2N5O2S. The third-order valence-electron chi connectivity index (χ3n) is 7.09. The van der Waals surface area contributed by atoms with E-state index in [1.165, 1.54) is 17.0 Å². The second-order valence-corrected chi connectivity index (χ2v) is 10.8. The lowest BCUT2D eigenvalue weighted by molar-refractivity contribution is -0.0498. The zero-order chi connectivity index (χ0) is 25.3. The first-order valence-electron chi connectivity index (χ1n) is 12.2. The molecule has 1 aliphatic carbocycles. The largest absolute Gasteiger partial charge is 0.435 e. The summed E-state index contributed by atoms with van der Waals surface area (Å²) in [5, 5.41) is 0. The van der Waals surface area contributed by atoms with Crippen molar-refractivity contribution in [2.75, 3.05) is 13.6 Å². The Kier molecular flexibility index (Phi) is 5.16. The molecule has 37 heavy (non-hydrogen) atoms. The van der Waals surface area contributed by atoms with Gasteiger partial charge >= 0.3 is 6.61 Å². The van der Waals surface area contributed by atoms with Crippen LogP contribution in [0.3, 0.4) is 0 Å². The summed E-state index contributed by atoms with van der Waals surface area (Å²) in [7, 11) is 2.08.